The Balaban J connectivity index is 1.57. The molecule has 1 amide bonds. The number of halogens is 2. The molecule has 0 fully saturated rings. The van der Waals surface area contributed by atoms with E-state index in [1.54, 1.807) is 0 Å². The lowest BCUT2D eigenvalue weighted by Crippen LogP contribution is -2.24. The number of rotatable bonds is 5. The summed E-state index contributed by atoms with van der Waals surface area (Å²) in [5.41, 5.74) is 2.35. The first-order valence-corrected chi connectivity index (χ1v) is 7.37. The van der Waals surface area contributed by atoms with Gasteiger partial charge in [-0.15, -0.1) is 0 Å². The number of imidazole rings is 1. The SMILES string of the molecule is O=C(NCc1nc2c([nH]1)CCCC2)c1ccc(OC(F)F)cn1. The number of pyridine rings is 1. The number of nitrogens with zero attached hydrogens (tertiary/aromatic N) is 2. The van der Waals surface area contributed by atoms with Crippen molar-refractivity contribution >= 4 is 5.91 Å². The molecule has 1 aliphatic carbocycles. The number of hydrogen-bond donors (Lipinski definition) is 2. The maximum atomic E-state index is 12.0. The second kappa shape index (κ2) is 6.72. The van der Waals surface area contributed by atoms with Gasteiger partial charge in [-0.3, -0.25) is 4.79 Å². The average molecular weight is 322 g/mol. The van der Waals surface area contributed by atoms with Crippen LogP contribution in [0, 0.1) is 0 Å². The highest BCUT2D eigenvalue weighted by Gasteiger charge is 2.15. The number of carbonyl (C=O) groups excluding carboxylic acids is 1. The molecule has 2 heterocycles. The summed E-state index contributed by atoms with van der Waals surface area (Å²) in [6.07, 6.45) is 5.33. The van der Waals surface area contributed by atoms with E-state index in [2.05, 4.69) is 25.0 Å². The summed E-state index contributed by atoms with van der Waals surface area (Å²) in [6.45, 7) is -2.65. The van der Waals surface area contributed by atoms with Crippen molar-refractivity contribution in [2.24, 2.45) is 0 Å². The van der Waals surface area contributed by atoms with Gasteiger partial charge in [-0.2, -0.15) is 8.78 Å². The predicted molar refractivity (Wildman–Crippen MR) is 77.3 cm³/mol. The number of carbonyl (C=O) groups is 1. The fourth-order valence-electron chi connectivity index (χ4n) is 2.54. The van der Waals surface area contributed by atoms with Crippen molar-refractivity contribution in [1.29, 1.82) is 0 Å². The third-order valence-corrected chi connectivity index (χ3v) is 3.61. The Kier molecular flexibility index (Phi) is 4.50. The first-order chi connectivity index (χ1) is 11.1. The molecule has 0 spiro atoms. The number of hydrogen-bond acceptors (Lipinski definition) is 4. The van der Waals surface area contributed by atoms with Crippen molar-refractivity contribution in [3.05, 3.63) is 41.2 Å². The van der Waals surface area contributed by atoms with Crippen LogP contribution < -0.4 is 10.1 Å². The second-order valence-corrected chi connectivity index (χ2v) is 5.26. The number of ether oxygens (including phenoxy) is 1. The highest BCUT2D eigenvalue weighted by atomic mass is 19.3. The van der Waals surface area contributed by atoms with E-state index < -0.39 is 12.5 Å². The van der Waals surface area contributed by atoms with E-state index in [9.17, 15) is 13.6 Å². The minimum Gasteiger partial charge on any atom is -0.433 e. The quantitative estimate of drug-likeness (QED) is 0.884. The highest BCUT2D eigenvalue weighted by molar-refractivity contribution is 5.92. The van der Waals surface area contributed by atoms with Crippen LogP contribution in [0.3, 0.4) is 0 Å². The lowest BCUT2D eigenvalue weighted by atomic mass is 10.0. The van der Waals surface area contributed by atoms with Crippen LogP contribution in [0.25, 0.3) is 0 Å². The highest BCUT2D eigenvalue weighted by Crippen LogP contribution is 2.18. The Bertz CT molecular complexity index is 662. The molecule has 122 valence electrons. The van der Waals surface area contributed by atoms with Crippen LogP contribution in [0.15, 0.2) is 18.3 Å². The number of aromatic amines is 1. The standard InChI is InChI=1S/C15H16F2N4O2/c16-15(17)23-9-5-6-12(18-7-9)14(22)19-8-13-20-10-3-1-2-4-11(10)21-13/h5-7,15H,1-4,8H2,(H,19,22)(H,20,21). The smallest absolute Gasteiger partial charge is 0.387 e. The normalized spacial score (nSPS) is 13.7. The van der Waals surface area contributed by atoms with Crippen LogP contribution in [-0.2, 0) is 19.4 Å². The van der Waals surface area contributed by atoms with Crippen LogP contribution in [-0.4, -0.2) is 27.5 Å². The molecule has 0 saturated heterocycles. The molecule has 0 aliphatic heterocycles. The number of amides is 1. The van der Waals surface area contributed by atoms with Gasteiger partial charge in [-0.05, 0) is 37.8 Å². The van der Waals surface area contributed by atoms with Crippen LogP contribution in [0.1, 0.15) is 40.5 Å². The maximum Gasteiger partial charge on any atom is 0.387 e. The van der Waals surface area contributed by atoms with Gasteiger partial charge in [0.15, 0.2) is 0 Å². The molecule has 23 heavy (non-hydrogen) atoms. The van der Waals surface area contributed by atoms with E-state index in [4.69, 9.17) is 0 Å². The van der Waals surface area contributed by atoms with E-state index in [0.717, 1.165) is 43.3 Å². The van der Waals surface area contributed by atoms with Crippen LogP contribution >= 0.6 is 0 Å². The van der Waals surface area contributed by atoms with Gasteiger partial charge in [0.05, 0.1) is 18.4 Å². The van der Waals surface area contributed by atoms with E-state index in [1.165, 1.54) is 12.1 Å². The molecule has 8 heteroatoms. The number of fused-ring (bicyclic) bond motifs is 1. The van der Waals surface area contributed by atoms with Crippen molar-refractivity contribution in [1.82, 2.24) is 20.3 Å². The van der Waals surface area contributed by atoms with Gasteiger partial charge >= 0.3 is 6.61 Å². The first kappa shape index (κ1) is 15.4. The van der Waals surface area contributed by atoms with E-state index in [0.29, 0.717) is 5.82 Å². The summed E-state index contributed by atoms with van der Waals surface area (Å²) in [7, 11) is 0. The summed E-state index contributed by atoms with van der Waals surface area (Å²) >= 11 is 0. The predicted octanol–water partition coefficient (Wildman–Crippen LogP) is 2.21. The molecular weight excluding hydrogens is 306 g/mol. The van der Waals surface area contributed by atoms with Gasteiger partial charge in [0.2, 0.25) is 0 Å². The number of aromatic nitrogens is 3. The summed E-state index contributed by atoms with van der Waals surface area (Å²) in [5.74, 6) is 0.223. The van der Waals surface area contributed by atoms with Gasteiger partial charge in [0.1, 0.15) is 17.3 Å². The molecule has 0 unspecified atom stereocenters. The van der Waals surface area contributed by atoms with Crippen LogP contribution in [0.2, 0.25) is 0 Å². The van der Waals surface area contributed by atoms with Gasteiger partial charge in [0, 0.05) is 5.69 Å². The monoisotopic (exact) mass is 322 g/mol. The molecule has 0 bridgehead atoms. The number of alkyl halides is 2. The minimum atomic E-state index is -2.92. The lowest BCUT2D eigenvalue weighted by molar-refractivity contribution is -0.0500. The third kappa shape index (κ3) is 3.82. The van der Waals surface area contributed by atoms with Crippen molar-refractivity contribution in [2.75, 3.05) is 0 Å². The zero-order chi connectivity index (χ0) is 16.2. The third-order valence-electron chi connectivity index (χ3n) is 3.61. The molecule has 1 aliphatic rings. The van der Waals surface area contributed by atoms with E-state index >= 15 is 0 Å². The molecule has 0 saturated carbocycles. The van der Waals surface area contributed by atoms with Gasteiger partial charge in [-0.25, -0.2) is 9.97 Å². The zero-order valence-corrected chi connectivity index (χ0v) is 12.3. The second-order valence-electron chi connectivity index (χ2n) is 5.26. The van der Waals surface area contributed by atoms with Crippen LogP contribution in [0.5, 0.6) is 5.75 Å². The number of nitrogens with one attached hydrogen (secondary N) is 2. The first-order valence-electron chi connectivity index (χ1n) is 7.37. The summed E-state index contributed by atoms with van der Waals surface area (Å²) < 4.78 is 28.3. The molecule has 2 aromatic heterocycles. The van der Waals surface area contributed by atoms with E-state index in [-0.39, 0.29) is 18.0 Å². The van der Waals surface area contributed by atoms with Gasteiger partial charge < -0.3 is 15.0 Å². The fourth-order valence-corrected chi connectivity index (χ4v) is 2.54. The van der Waals surface area contributed by atoms with Crippen molar-refractivity contribution in [2.45, 2.75) is 38.8 Å². The Morgan fingerprint density at radius 2 is 2.17 bits per heavy atom. The Morgan fingerprint density at radius 1 is 1.35 bits per heavy atom. The topological polar surface area (TPSA) is 79.9 Å². The largest absolute Gasteiger partial charge is 0.433 e. The van der Waals surface area contributed by atoms with Crippen molar-refractivity contribution in [3.63, 3.8) is 0 Å². The molecular formula is C15H16F2N4O2. The average Bonchev–Trinajstić information content (AvgIpc) is 2.95. The molecule has 3 rings (SSSR count). The molecule has 0 radical (unpaired) electrons. The van der Waals surface area contributed by atoms with Crippen LogP contribution in [0.4, 0.5) is 8.78 Å². The Labute approximate surface area is 131 Å². The number of aryl methyl sites for hydroxylation is 2. The lowest BCUT2D eigenvalue weighted by Gasteiger charge is -2.07. The fraction of sp³-hybridized carbons (Fsp3) is 0.400. The molecule has 2 N–H and O–H groups in total. The molecule has 6 nitrogen and oxygen atoms in total. The Morgan fingerprint density at radius 3 is 2.87 bits per heavy atom. The minimum absolute atomic E-state index is 0.0877. The maximum absolute atomic E-state index is 12.0. The molecule has 2 aromatic rings. The zero-order valence-electron chi connectivity index (χ0n) is 12.3. The molecule has 0 aromatic carbocycles. The Hall–Kier alpha value is -2.51. The summed E-state index contributed by atoms with van der Waals surface area (Å²) in [4.78, 5) is 23.5. The molecule has 0 atom stereocenters. The number of H-pyrrole nitrogens is 1. The summed E-state index contributed by atoms with van der Waals surface area (Å²) in [5, 5.41) is 2.70. The summed E-state index contributed by atoms with van der Waals surface area (Å²) in [6, 6.07) is 2.61. The van der Waals surface area contributed by atoms with E-state index in [1.807, 2.05) is 0 Å². The van der Waals surface area contributed by atoms with Crippen molar-refractivity contribution in [3.8, 4) is 5.75 Å². The van der Waals surface area contributed by atoms with Crippen molar-refractivity contribution < 1.29 is 18.3 Å². The van der Waals surface area contributed by atoms with Gasteiger partial charge in [-0.1, -0.05) is 0 Å². The van der Waals surface area contributed by atoms with Gasteiger partial charge in [0.25, 0.3) is 5.91 Å².